The maximum atomic E-state index is 4.80. The Morgan fingerprint density at radius 3 is 2.56 bits per heavy atom. The van der Waals surface area contributed by atoms with Crippen molar-refractivity contribution < 1.29 is 0 Å². The summed E-state index contributed by atoms with van der Waals surface area (Å²) in [6, 6.07) is 18.4. The second kappa shape index (κ2) is 6.13. The van der Waals surface area contributed by atoms with E-state index in [4.69, 9.17) is 4.98 Å². The van der Waals surface area contributed by atoms with Crippen LogP contribution in [0.5, 0.6) is 0 Å². The first-order valence-corrected chi connectivity index (χ1v) is 8.52. The van der Waals surface area contributed by atoms with Crippen LogP contribution in [0.3, 0.4) is 0 Å². The molecule has 0 fully saturated rings. The Morgan fingerprint density at radius 1 is 0.920 bits per heavy atom. The van der Waals surface area contributed by atoms with E-state index < -0.39 is 0 Å². The molecule has 0 aliphatic heterocycles. The van der Waals surface area contributed by atoms with Crippen LogP contribution in [0.4, 0.5) is 11.5 Å². The predicted octanol–water partition coefficient (Wildman–Crippen LogP) is 6.33. The fourth-order valence-corrected chi connectivity index (χ4v) is 3.09. The normalized spacial score (nSPS) is 12.0. The number of hydrogen-bond donors (Lipinski definition) is 0. The van der Waals surface area contributed by atoms with Gasteiger partial charge < -0.3 is 0 Å². The number of hydrogen-bond acceptors (Lipinski definition) is 3. The molecule has 2 aromatic heterocycles. The predicted molar refractivity (Wildman–Crippen MR) is 102 cm³/mol. The maximum Gasteiger partial charge on any atom is 0.183 e. The minimum Gasteiger partial charge on any atom is -0.283 e. The number of imidazole rings is 1. The van der Waals surface area contributed by atoms with E-state index in [9.17, 15) is 0 Å². The molecule has 0 N–H and O–H groups in total. The van der Waals surface area contributed by atoms with E-state index >= 15 is 0 Å². The number of aryl methyl sites for hydroxylation is 1. The number of aromatic nitrogens is 2. The highest BCUT2D eigenvalue weighted by Crippen LogP contribution is 2.32. The highest BCUT2D eigenvalue weighted by molar-refractivity contribution is 5.92. The summed E-state index contributed by atoms with van der Waals surface area (Å²) in [4.78, 5) is 4.80. The van der Waals surface area contributed by atoms with Crippen LogP contribution in [0.15, 0.2) is 71.0 Å². The van der Waals surface area contributed by atoms with Crippen LogP contribution in [0.25, 0.3) is 16.4 Å². The average molecular weight is 328 g/mol. The third-order valence-corrected chi connectivity index (χ3v) is 4.41. The monoisotopic (exact) mass is 328 g/mol. The zero-order valence-electron chi connectivity index (χ0n) is 14.6. The number of fused-ring (bicyclic) bond motifs is 2. The molecule has 4 nitrogen and oxygen atoms in total. The van der Waals surface area contributed by atoms with Gasteiger partial charge in [0.05, 0.1) is 11.4 Å². The molecule has 0 aliphatic rings. The van der Waals surface area contributed by atoms with Gasteiger partial charge in [0, 0.05) is 11.6 Å². The number of pyridine rings is 1. The van der Waals surface area contributed by atoms with Gasteiger partial charge in [0.1, 0.15) is 5.65 Å². The molecule has 0 radical (unpaired) electrons. The highest BCUT2D eigenvalue weighted by Gasteiger charge is 2.16. The SMILES string of the molecule is Cc1cccn2c(N=Nc3cccc4ccccc34)c(C(C)C)nc12. The van der Waals surface area contributed by atoms with Gasteiger partial charge in [-0.15, -0.1) is 10.2 Å². The minimum atomic E-state index is 0.278. The van der Waals surface area contributed by atoms with Crippen molar-refractivity contribution in [2.45, 2.75) is 26.7 Å². The molecule has 0 amide bonds. The summed E-state index contributed by atoms with van der Waals surface area (Å²) >= 11 is 0. The maximum absolute atomic E-state index is 4.80. The van der Waals surface area contributed by atoms with E-state index in [0.29, 0.717) is 0 Å². The molecule has 0 bridgehead atoms. The Balaban J connectivity index is 1.89. The summed E-state index contributed by atoms with van der Waals surface area (Å²) in [6.07, 6.45) is 2.00. The standard InChI is InChI=1S/C21H20N4/c1-14(2)19-21(25-13-7-8-15(3)20(25)22-19)24-23-18-12-6-10-16-9-4-5-11-17(16)18/h4-14H,1-3H3. The molecule has 4 heteroatoms. The third-order valence-electron chi connectivity index (χ3n) is 4.41. The van der Waals surface area contributed by atoms with Crippen molar-refractivity contribution >= 4 is 27.9 Å². The molecule has 0 atom stereocenters. The van der Waals surface area contributed by atoms with E-state index in [1.165, 1.54) is 0 Å². The van der Waals surface area contributed by atoms with Crippen LogP contribution in [0.2, 0.25) is 0 Å². The van der Waals surface area contributed by atoms with Crippen molar-refractivity contribution in [2.75, 3.05) is 0 Å². The van der Waals surface area contributed by atoms with Gasteiger partial charge >= 0.3 is 0 Å². The lowest BCUT2D eigenvalue weighted by Crippen LogP contribution is -1.87. The lowest BCUT2D eigenvalue weighted by atomic mass is 10.1. The van der Waals surface area contributed by atoms with Gasteiger partial charge in [0.15, 0.2) is 5.82 Å². The van der Waals surface area contributed by atoms with E-state index in [1.54, 1.807) is 0 Å². The largest absolute Gasteiger partial charge is 0.283 e. The van der Waals surface area contributed by atoms with E-state index in [0.717, 1.165) is 39.2 Å². The number of benzene rings is 2. The van der Waals surface area contributed by atoms with Crippen LogP contribution in [0.1, 0.15) is 31.0 Å². The first-order valence-electron chi connectivity index (χ1n) is 8.52. The Morgan fingerprint density at radius 2 is 1.72 bits per heavy atom. The van der Waals surface area contributed by atoms with Crippen molar-refractivity contribution in [2.24, 2.45) is 10.2 Å². The van der Waals surface area contributed by atoms with Crippen molar-refractivity contribution in [3.05, 3.63) is 72.1 Å². The van der Waals surface area contributed by atoms with Gasteiger partial charge in [-0.2, -0.15) is 0 Å². The fourth-order valence-electron chi connectivity index (χ4n) is 3.09. The summed E-state index contributed by atoms with van der Waals surface area (Å²) in [5.41, 5.74) is 3.92. The number of azo groups is 1. The molecule has 0 saturated carbocycles. The third kappa shape index (κ3) is 2.70. The van der Waals surface area contributed by atoms with E-state index in [2.05, 4.69) is 55.3 Å². The summed E-state index contributed by atoms with van der Waals surface area (Å²) in [5, 5.41) is 11.4. The molecule has 0 unspecified atom stereocenters. The molecule has 4 rings (SSSR count). The smallest absolute Gasteiger partial charge is 0.183 e. The number of rotatable bonds is 3. The zero-order valence-corrected chi connectivity index (χ0v) is 14.6. The summed E-state index contributed by atoms with van der Waals surface area (Å²) in [6.45, 7) is 6.33. The average Bonchev–Trinajstić information content (AvgIpc) is 3.00. The summed E-state index contributed by atoms with van der Waals surface area (Å²) < 4.78 is 2.03. The molecule has 2 heterocycles. The topological polar surface area (TPSA) is 42.0 Å². The zero-order chi connectivity index (χ0) is 17.4. The molecule has 4 aromatic rings. The summed E-state index contributed by atoms with van der Waals surface area (Å²) in [5.74, 6) is 1.09. The highest BCUT2D eigenvalue weighted by atomic mass is 15.2. The second-order valence-corrected chi connectivity index (χ2v) is 6.56. The molecule has 25 heavy (non-hydrogen) atoms. The minimum absolute atomic E-state index is 0.278. The van der Waals surface area contributed by atoms with Crippen molar-refractivity contribution in [3.63, 3.8) is 0 Å². The second-order valence-electron chi connectivity index (χ2n) is 6.56. The van der Waals surface area contributed by atoms with Crippen LogP contribution in [0, 0.1) is 6.92 Å². The first-order chi connectivity index (χ1) is 12.1. The van der Waals surface area contributed by atoms with Crippen LogP contribution >= 0.6 is 0 Å². The molecular formula is C21H20N4. The molecule has 0 spiro atoms. The quantitative estimate of drug-likeness (QED) is 0.405. The Bertz CT molecular complexity index is 1080. The van der Waals surface area contributed by atoms with Crippen LogP contribution < -0.4 is 0 Å². The van der Waals surface area contributed by atoms with Crippen molar-refractivity contribution in [3.8, 4) is 0 Å². The van der Waals surface area contributed by atoms with Gasteiger partial charge in [-0.05, 0) is 35.9 Å². The van der Waals surface area contributed by atoms with Gasteiger partial charge in [-0.1, -0.05) is 56.3 Å². The lowest BCUT2D eigenvalue weighted by Gasteiger charge is -2.03. The molecule has 0 saturated heterocycles. The van der Waals surface area contributed by atoms with Crippen molar-refractivity contribution in [1.82, 2.24) is 9.38 Å². The Hall–Kier alpha value is -3.01. The van der Waals surface area contributed by atoms with Gasteiger partial charge in [-0.3, -0.25) is 4.40 Å². The van der Waals surface area contributed by atoms with Gasteiger partial charge in [-0.25, -0.2) is 4.98 Å². The number of nitrogens with zero attached hydrogens (tertiary/aromatic N) is 4. The Kier molecular flexibility index (Phi) is 3.80. The molecule has 2 aromatic carbocycles. The molecular weight excluding hydrogens is 308 g/mol. The van der Waals surface area contributed by atoms with Crippen molar-refractivity contribution in [1.29, 1.82) is 0 Å². The molecule has 124 valence electrons. The van der Waals surface area contributed by atoms with Crippen LogP contribution in [-0.4, -0.2) is 9.38 Å². The first kappa shape index (κ1) is 15.5. The van der Waals surface area contributed by atoms with Crippen LogP contribution in [-0.2, 0) is 0 Å². The molecule has 0 aliphatic carbocycles. The van der Waals surface area contributed by atoms with E-state index in [1.807, 2.05) is 40.9 Å². The fraction of sp³-hybridized carbons (Fsp3) is 0.190. The van der Waals surface area contributed by atoms with E-state index in [-0.39, 0.29) is 5.92 Å². The Labute approximate surface area is 146 Å². The lowest BCUT2D eigenvalue weighted by molar-refractivity contribution is 0.831. The van der Waals surface area contributed by atoms with Gasteiger partial charge in [0.25, 0.3) is 0 Å². The van der Waals surface area contributed by atoms with Gasteiger partial charge in [0.2, 0.25) is 0 Å². The summed E-state index contributed by atoms with van der Waals surface area (Å²) in [7, 11) is 0.